The van der Waals surface area contributed by atoms with E-state index in [4.69, 9.17) is 9.15 Å². The summed E-state index contributed by atoms with van der Waals surface area (Å²) in [7, 11) is -4.00. The number of aryl methyl sites for hydroxylation is 2. The largest absolute Gasteiger partial charge is 0.453 e. The first-order valence-corrected chi connectivity index (χ1v) is 11.2. The fourth-order valence-electron chi connectivity index (χ4n) is 4.06. The molecule has 2 aliphatic carbocycles. The van der Waals surface area contributed by atoms with Crippen molar-refractivity contribution in [2.45, 2.75) is 63.1 Å². The van der Waals surface area contributed by atoms with Gasteiger partial charge in [0.1, 0.15) is 5.75 Å². The number of carbonyl (C=O) groups is 1. The zero-order valence-electron chi connectivity index (χ0n) is 16.1. The van der Waals surface area contributed by atoms with Crippen molar-refractivity contribution in [2.75, 3.05) is 5.75 Å². The number of rotatable bonds is 5. The first-order valence-electron chi connectivity index (χ1n) is 9.56. The third kappa shape index (κ3) is 3.49. The molecule has 0 saturated heterocycles. The average molecular weight is 404 g/mol. The summed E-state index contributed by atoms with van der Waals surface area (Å²) in [6, 6.07) is 3.47. The molecule has 0 aliphatic heterocycles. The summed E-state index contributed by atoms with van der Waals surface area (Å²) in [6.45, 7) is 3.05. The molecule has 4 rings (SSSR count). The van der Waals surface area contributed by atoms with Crippen LogP contribution in [0.2, 0.25) is 0 Å². The van der Waals surface area contributed by atoms with Gasteiger partial charge in [0.15, 0.2) is 5.75 Å². The van der Waals surface area contributed by atoms with Crippen LogP contribution in [0.4, 0.5) is 0 Å². The minimum atomic E-state index is -4.00. The summed E-state index contributed by atoms with van der Waals surface area (Å²) in [5.41, 5.74) is 3.63. The van der Waals surface area contributed by atoms with Gasteiger partial charge in [-0.3, -0.25) is 4.79 Å². The summed E-state index contributed by atoms with van der Waals surface area (Å²) in [5, 5.41) is 9.63. The number of ether oxygens (including phenoxy) is 1. The molecule has 0 bridgehead atoms. The summed E-state index contributed by atoms with van der Waals surface area (Å²) in [5.74, 6) is -1.03. The van der Waals surface area contributed by atoms with Gasteiger partial charge in [-0.15, -0.1) is 0 Å². The van der Waals surface area contributed by atoms with Crippen LogP contribution in [0.15, 0.2) is 27.9 Å². The Hall–Kier alpha value is -2.12. The number of sulfone groups is 1. The Bertz CT molecular complexity index is 1010. The zero-order valence-corrected chi connectivity index (χ0v) is 16.9. The topological polar surface area (TPSA) is 93.8 Å². The maximum absolute atomic E-state index is 12.6. The highest BCUT2D eigenvalue weighted by Crippen LogP contribution is 2.40. The van der Waals surface area contributed by atoms with Crippen molar-refractivity contribution in [1.29, 1.82) is 0 Å². The van der Waals surface area contributed by atoms with Gasteiger partial charge < -0.3 is 14.3 Å². The van der Waals surface area contributed by atoms with Gasteiger partial charge in [-0.05, 0) is 74.6 Å². The normalized spacial score (nSPS) is 16.1. The van der Waals surface area contributed by atoms with Crippen LogP contribution in [0.25, 0.3) is 0 Å². The minimum Gasteiger partial charge on any atom is -0.453 e. The maximum atomic E-state index is 12.6. The van der Waals surface area contributed by atoms with E-state index in [1.165, 1.54) is 37.3 Å². The lowest BCUT2D eigenvalue weighted by Gasteiger charge is -2.14. The molecule has 2 aliphatic rings. The van der Waals surface area contributed by atoms with Gasteiger partial charge in [0.25, 0.3) is 0 Å². The second kappa shape index (κ2) is 6.74. The van der Waals surface area contributed by atoms with E-state index in [2.05, 4.69) is 6.07 Å². The second-order valence-corrected chi connectivity index (χ2v) is 10.1. The van der Waals surface area contributed by atoms with Crippen molar-refractivity contribution in [2.24, 2.45) is 0 Å². The van der Waals surface area contributed by atoms with E-state index in [-0.39, 0.29) is 5.09 Å². The lowest BCUT2D eigenvalue weighted by atomic mass is 10.0. The SMILES string of the molecule is CC(C)(O)c1coc(S(=O)(=O)CC(=O)Oc2c3c(cc4c2CCC4)CCC3)c1. The number of hydrogen-bond donors (Lipinski definition) is 1. The van der Waals surface area contributed by atoms with Gasteiger partial charge in [-0.25, -0.2) is 8.42 Å². The minimum absolute atomic E-state index is 0.332. The first-order chi connectivity index (χ1) is 13.1. The third-order valence-corrected chi connectivity index (χ3v) is 6.97. The van der Waals surface area contributed by atoms with E-state index in [9.17, 15) is 18.3 Å². The number of benzene rings is 1. The molecule has 1 aromatic carbocycles. The molecule has 28 heavy (non-hydrogen) atoms. The molecule has 0 radical (unpaired) electrons. The highest BCUT2D eigenvalue weighted by molar-refractivity contribution is 7.92. The highest BCUT2D eigenvalue weighted by atomic mass is 32.2. The van der Waals surface area contributed by atoms with Crippen molar-refractivity contribution in [1.82, 2.24) is 0 Å². The standard InChI is InChI=1S/C21H24O6S/c1-21(2,23)15-10-19(26-11-15)28(24,25)12-18(22)27-20-16-7-3-5-13(16)9-14-6-4-8-17(14)20/h9-11,23H,3-8,12H2,1-2H3. The number of furan rings is 1. The molecule has 1 heterocycles. The molecule has 0 atom stereocenters. The van der Waals surface area contributed by atoms with Crippen LogP contribution >= 0.6 is 0 Å². The molecule has 1 N–H and O–H groups in total. The lowest BCUT2D eigenvalue weighted by Crippen LogP contribution is -2.22. The summed E-state index contributed by atoms with van der Waals surface area (Å²) < 4.78 is 35.9. The number of hydrogen-bond acceptors (Lipinski definition) is 6. The fraction of sp³-hybridized carbons (Fsp3) is 0.476. The molecular formula is C21H24O6S. The van der Waals surface area contributed by atoms with Crippen LogP contribution in [0.3, 0.4) is 0 Å². The van der Waals surface area contributed by atoms with Crippen molar-refractivity contribution in [3.05, 3.63) is 46.2 Å². The molecule has 6 nitrogen and oxygen atoms in total. The zero-order chi connectivity index (χ0) is 20.1. The molecule has 2 aromatic rings. The lowest BCUT2D eigenvalue weighted by molar-refractivity contribution is -0.131. The Kier molecular flexibility index (Phi) is 4.62. The summed E-state index contributed by atoms with van der Waals surface area (Å²) in [4.78, 5) is 12.5. The summed E-state index contributed by atoms with van der Waals surface area (Å²) in [6.07, 6.45) is 6.88. The molecule has 0 fully saturated rings. The molecule has 0 saturated carbocycles. The Morgan fingerprint density at radius 1 is 1.11 bits per heavy atom. The van der Waals surface area contributed by atoms with Gasteiger partial charge in [0.2, 0.25) is 14.9 Å². The quantitative estimate of drug-likeness (QED) is 0.608. The third-order valence-electron chi connectivity index (χ3n) is 5.53. The molecule has 1 aromatic heterocycles. The van der Waals surface area contributed by atoms with Crippen LogP contribution < -0.4 is 4.74 Å². The Labute approximate surface area is 164 Å². The van der Waals surface area contributed by atoms with Gasteiger partial charge in [0.05, 0.1) is 11.9 Å². The van der Waals surface area contributed by atoms with Crippen molar-refractivity contribution < 1.29 is 27.5 Å². The molecule has 150 valence electrons. The molecule has 0 amide bonds. The number of carbonyl (C=O) groups excluding carboxylic acids is 1. The van der Waals surface area contributed by atoms with E-state index in [1.54, 1.807) is 0 Å². The number of fused-ring (bicyclic) bond motifs is 2. The monoisotopic (exact) mass is 404 g/mol. The van der Waals surface area contributed by atoms with Gasteiger partial charge in [0, 0.05) is 11.6 Å². The second-order valence-electron chi connectivity index (χ2n) is 8.13. The van der Waals surface area contributed by atoms with Crippen LogP contribution in [0.5, 0.6) is 5.75 Å². The maximum Gasteiger partial charge on any atom is 0.327 e. The van der Waals surface area contributed by atoms with Crippen LogP contribution in [-0.4, -0.2) is 25.2 Å². The van der Waals surface area contributed by atoms with Crippen LogP contribution in [0.1, 0.15) is 54.5 Å². The van der Waals surface area contributed by atoms with Crippen molar-refractivity contribution in [3.63, 3.8) is 0 Å². The predicted octanol–water partition coefficient (Wildman–Crippen LogP) is 2.86. The fourth-order valence-corrected chi connectivity index (χ4v) is 5.07. The summed E-state index contributed by atoms with van der Waals surface area (Å²) >= 11 is 0. The number of aliphatic hydroxyl groups is 1. The Morgan fingerprint density at radius 3 is 2.25 bits per heavy atom. The van der Waals surface area contributed by atoms with Crippen molar-refractivity contribution >= 4 is 15.8 Å². The van der Waals surface area contributed by atoms with Crippen LogP contribution in [0, 0.1) is 0 Å². The molecule has 0 spiro atoms. The average Bonchev–Trinajstić information content (AvgIpc) is 3.33. The molecule has 0 unspecified atom stereocenters. The van der Waals surface area contributed by atoms with Gasteiger partial charge in [-0.1, -0.05) is 6.07 Å². The molecular weight excluding hydrogens is 380 g/mol. The highest BCUT2D eigenvalue weighted by Gasteiger charge is 2.30. The van der Waals surface area contributed by atoms with E-state index in [1.807, 2.05) is 0 Å². The number of esters is 1. The van der Waals surface area contributed by atoms with E-state index >= 15 is 0 Å². The Balaban J connectivity index is 1.56. The van der Waals surface area contributed by atoms with Gasteiger partial charge >= 0.3 is 5.97 Å². The van der Waals surface area contributed by atoms with E-state index in [0.29, 0.717) is 11.3 Å². The van der Waals surface area contributed by atoms with E-state index in [0.717, 1.165) is 49.7 Å². The predicted molar refractivity (Wildman–Crippen MR) is 102 cm³/mol. The van der Waals surface area contributed by atoms with E-state index < -0.39 is 27.2 Å². The van der Waals surface area contributed by atoms with Crippen LogP contribution in [-0.2, 0) is 45.9 Å². The molecule has 7 heteroatoms. The van der Waals surface area contributed by atoms with Gasteiger partial charge in [-0.2, -0.15) is 0 Å². The first kappa shape index (κ1) is 19.2. The van der Waals surface area contributed by atoms with Crippen molar-refractivity contribution in [3.8, 4) is 5.75 Å². The Morgan fingerprint density at radius 2 is 1.71 bits per heavy atom. The smallest absolute Gasteiger partial charge is 0.327 e.